The molecule has 1 aromatic rings. The molecule has 1 rings (SSSR count). The van der Waals surface area contributed by atoms with Gasteiger partial charge in [0.15, 0.2) is 0 Å². The molecule has 0 saturated carbocycles. The molecule has 4 heteroatoms. The Morgan fingerprint density at radius 1 is 1.15 bits per heavy atom. The summed E-state index contributed by atoms with van der Waals surface area (Å²) in [5.41, 5.74) is 1.98. The lowest BCUT2D eigenvalue weighted by Gasteiger charge is -1.91. The highest BCUT2D eigenvalue weighted by Crippen LogP contribution is 2.09. The Morgan fingerprint density at radius 3 is 2.38 bits per heavy atom. The van der Waals surface area contributed by atoms with Crippen LogP contribution in [0.3, 0.4) is 0 Å². The number of hydrogen-bond donors (Lipinski definition) is 0. The first kappa shape index (κ1) is 8.89. The summed E-state index contributed by atoms with van der Waals surface area (Å²) in [6.07, 6.45) is 0. The standard InChI is InChI=1S/C9H6N2O2/c1-7-4-8(5-10-12)2-3-9(7)6-11-13/h2-4H,1H3. The van der Waals surface area contributed by atoms with Gasteiger partial charge in [0.1, 0.15) is 11.1 Å². The van der Waals surface area contributed by atoms with Gasteiger partial charge in [-0.15, -0.1) is 0 Å². The van der Waals surface area contributed by atoms with Gasteiger partial charge in [-0.1, -0.05) is 0 Å². The Labute approximate surface area is 75.2 Å². The van der Waals surface area contributed by atoms with E-state index in [0.29, 0.717) is 11.1 Å². The highest BCUT2D eigenvalue weighted by atomic mass is 16.4. The van der Waals surface area contributed by atoms with E-state index in [0.717, 1.165) is 5.56 Å². The molecular weight excluding hydrogens is 168 g/mol. The van der Waals surface area contributed by atoms with Crippen LogP contribution in [0, 0.1) is 29.5 Å². The van der Waals surface area contributed by atoms with Gasteiger partial charge < -0.3 is 10.4 Å². The van der Waals surface area contributed by atoms with Crippen LogP contribution in [0.4, 0.5) is 0 Å². The summed E-state index contributed by atoms with van der Waals surface area (Å²) < 4.78 is 0. The lowest BCUT2D eigenvalue weighted by atomic mass is 10.1. The van der Waals surface area contributed by atoms with Crippen LogP contribution in [0.5, 0.6) is 0 Å². The third-order valence-corrected chi connectivity index (χ3v) is 1.57. The van der Waals surface area contributed by atoms with Crippen molar-refractivity contribution in [3.63, 3.8) is 0 Å². The van der Waals surface area contributed by atoms with Gasteiger partial charge in [0, 0.05) is 10.0 Å². The average Bonchev–Trinajstić information content (AvgIpc) is 2.10. The summed E-state index contributed by atoms with van der Waals surface area (Å²) in [6.45, 7) is 1.78. The Kier molecular flexibility index (Phi) is 2.73. The van der Waals surface area contributed by atoms with Crippen LogP contribution in [-0.2, 0) is 0 Å². The molecule has 0 aliphatic rings. The third kappa shape index (κ3) is 2.11. The van der Waals surface area contributed by atoms with E-state index in [4.69, 9.17) is 0 Å². The topological polar surface area (TPSA) is 54.8 Å². The molecule has 64 valence electrons. The predicted octanol–water partition coefficient (Wildman–Crippen LogP) is 2.35. The minimum atomic E-state index is 0.573. The van der Waals surface area contributed by atoms with Crippen molar-refractivity contribution in [2.24, 2.45) is 0 Å². The van der Waals surface area contributed by atoms with Crippen LogP contribution >= 0.6 is 0 Å². The van der Waals surface area contributed by atoms with Gasteiger partial charge in [0.25, 0.3) is 0 Å². The quantitative estimate of drug-likeness (QED) is 0.567. The number of aryl methyl sites for hydroxylation is 1. The first-order valence-electron chi connectivity index (χ1n) is 3.55. The fourth-order valence-corrected chi connectivity index (χ4v) is 0.961. The van der Waals surface area contributed by atoms with E-state index in [2.05, 4.69) is 22.2 Å². The maximum atomic E-state index is 9.89. The van der Waals surface area contributed by atoms with E-state index in [-0.39, 0.29) is 0 Å². The third-order valence-electron chi connectivity index (χ3n) is 1.57. The Morgan fingerprint density at radius 2 is 1.85 bits per heavy atom. The van der Waals surface area contributed by atoms with Crippen molar-refractivity contribution in [3.8, 4) is 12.1 Å². The van der Waals surface area contributed by atoms with Crippen molar-refractivity contribution in [3.05, 3.63) is 55.3 Å². The number of rotatable bonds is 0. The Hall–Kier alpha value is -2.20. The molecule has 0 aliphatic heterocycles. The molecule has 0 bridgehead atoms. The highest BCUT2D eigenvalue weighted by Gasteiger charge is 2.02. The van der Waals surface area contributed by atoms with Crippen molar-refractivity contribution in [2.45, 2.75) is 6.92 Å². The van der Waals surface area contributed by atoms with Gasteiger partial charge >= 0.3 is 12.1 Å². The van der Waals surface area contributed by atoms with E-state index in [1.165, 1.54) is 0 Å². The molecule has 13 heavy (non-hydrogen) atoms. The Bertz CT molecular complexity index is 432. The second-order valence-electron chi connectivity index (χ2n) is 2.44. The molecule has 0 radical (unpaired) electrons. The fraction of sp³-hybridized carbons (Fsp3) is 0.111. The van der Waals surface area contributed by atoms with E-state index in [9.17, 15) is 10.4 Å². The minimum Gasteiger partial charge on any atom is -0.498 e. The average molecular weight is 174 g/mol. The summed E-state index contributed by atoms with van der Waals surface area (Å²) >= 11 is 0. The van der Waals surface area contributed by atoms with Gasteiger partial charge in [-0.2, -0.15) is 0 Å². The normalized spacial score (nSPS) is 7.77. The van der Waals surface area contributed by atoms with Crippen molar-refractivity contribution in [1.82, 2.24) is 0 Å². The molecule has 0 fully saturated rings. The van der Waals surface area contributed by atoms with Gasteiger partial charge in [0.05, 0.1) is 0 Å². The smallest absolute Gasteiger partial charge is 0.336 e. The second kappa shape index (κ2) is 3.99. The largest absolute Gasteiger partial charge is 0.498 e. The van der Waals surface area contributed by atoms with Crippen molar-refractivity contribution in [1.29, 1.82) is 0 Å². The van der Waals surface area contributed by atoms with Gasteiger partial charge in [-0.05, 0) is 30.7 Å². The number of nitrogens with zero attached hydrogens (tertiary/aromatic N) is 2. The zero-order valence-corrected chi connectivity index (χ0v) is 6.94. The first-order valence-corrected chi connectivity index (χ1v) is 3.55. The molecule has 0 heterocycles. The zero-order chi connectivity index (χ0) is 9.68. The van der Waals surface area contributed by atoms with Crippen LogP contribution in [0.1, 0.15) is 16.7 Å². The number of hydrogen-bond acceptors (Lipinski definition) is 2. The van der Waals surface area contributed by atoms with Crippen LogP contribution in [-0.4, -0.2) is 0 Å². The van der Waals surface area contributed by atoms with Crippen LogP contribution in [0.2, 0.25) is 0 Å². The molecule has 0 spiro atoms. The molecule has 0 aromatic heterocycles. The minimum absolute atomic E-state index is 0.573. The van der Waals surface area contributed by atoms with Crippen molar-refractivity contribution >= 4 is 0 Å². The van der Waals surface area contributed by atoms with Crippen molar-refractivity contribution < 1.29 is 0 Å². The second-order valence-corrected chi connectivity index (χ2v) is 2.44. The van der Waals surface area contributed by atoms with Crippen molar-refractivity contribution in [2.75, 3.05) is 0 Å². The Balaban J connectivity index is 3.15. The van der Waals surface area contributed by atoms with E-state index in [1.807, 2.05) is 0 Å². The predicted molar refractivity (Wildman–Crippen MR) is 50.6 cm³/mol. The lowest BCUT2D eigenvalue weighted by molar-refractivity contribution is 1.42. The maximum Gasteiger partial charge on any atom is 0.336 e. The summed E-state index contributed by atoms with van der Waals surface area (Å²) in [6, 6.07) is 9.45. The maximum absolute atomic E-state index is 9.89. The summed E-state index contributed by atoms with van der Waals surface area (Å²) in [4.78, 5) is 0. The van der Waals surface area contributed by atoms with Gasteiger partial charge in [0.2, 0.25) is 0 Å². The lowest BCUT2D eigenvalue weighted by Crippen LogP contribution is -1.83. The van der Waals surface area contributed by atoms with Crippen LogP contribution in [0.25, 0.3) is 10.0 Å². The zero-order valence-electron chi connectivity index (χ0n) is 6.94. The molecule has 0 N–H and O–H groups in total. The van der Waals surface area contributed by atoms with E-state index in [1.54, 1.807) is 25.1 Å². The van der Waals surface area contributed by atoms with E-state index < -0.39 is 0 Å². The summed E-state index contributed by atoms with van der Waals surface area (Å²) in [7, 11) is 0. The van der Waals surface area contributed by atoms with E-state index >= 15 is 0 Å². The summed E-state index contributed by atoms with van der Waals surface area (Å²) in [5.74, 6) is 0. The number of benzene rings is 1. The molecule has 0 atom stereocenters. The first-order chi connectivity index (χ1) is 6.27. The monoisotopic (exact) mass is 174 g/mol. The molecular formula is C9H6N2O2. The molecule has 0 unspecified atom stereocenters. The molecule has 0 aliphatic carbocycles. The SMILES string of the molecule is Cc1cc(C#[N+][O-])ccc1C#[N+][O-]. The fourth-order valence-electron chi connectivity index (χ4n) is 0.961. The molecule has 0 saturated heterocycles. The van der Waals surface area contributed by atoms with Gasteiger partial charge in [-0.25, -0.2) is 0 Å². The van der Waals surface area contributed by atoms with Crippen LogP contribution < -0.4 is 0 Å². The van der Waals surface area contributed by atoms with Gasteiger partial charge in [-0.3, -0.25) is 0 Å². The van der Waals surface area contributed by atoms with Crippen LogP contribution in [0.15, 0.2) is 18.2 Å². The highest BCUT2D eigenvalue weighted by molar-refractivity contribution is 5.45. The summed E-state index contributed by atoms with van der Waals surface area (Å²) in [5, 5.41) is 24.8. The molecule has 4 nitrogen and oxygen atoms in total. The molecule has 1 aromatic carbocycles. The molecule has 0 amide bonds.